The fraction of sp³-hybridized carbons (Fsp3) is 0.500. The second kappa shape index (κ2) is 8.76. The van der Waals surface area contributed by atoms with Gasteiger partial charge in [-0.2, -0.15) is 0 Å². The van der Waals surface area contributed by atoms with Gasteiger partial charge < -0.3 is 15.5 Å². The van der Waals surface area contributed by atoms with E-state index in [0.717, 1.165) is 32.5 Å². The van der Waals surface area contributed by atoms with E-state index < -0.39 is 0 Å². The molecule has 1 aliphatic rings. The maximum atomic E-state index is 12.5. The number of hydrogen-bond donors (Lipinski definition) is 2. The molecule has 0 unspecified atom stereocenters. The molecule has 2 amide bonds. The molecule has 1 aromatic carbocycles. The van der Waals surface area contributed by atoms with Gasteiger partial charge in [-0.05, 0) is 50.6 Å². The van der Waals surface area contributed by atoms with Gasteiger partial charge >= 0.3 is 0 Å². The van der Waals surface area contributed by atoms with Gasteiger partial charge in [-0.15, -0.1) is 12.4 Å². The maximum absolute atomic E-state index is 12.5. The highest BCUT2D eigenvalue weighted by Gasteiger charge is 2.23. The van der Waals surface area contributed by atoms with E-state index in [4.69, 9.17) is 0 Å². The molecule has 0 radical (unpaired) electrons. The summed E-state index contributed by atoms with van der Waals surface area (Å²) in [7, 11) is 3.55. The van der Waals surface area contributed by atoms with Crippen LogP contribution in [0.4, 0.5) is 0 Å². The van der Waals surface area contributed by atoms with Crippen LogP contribution in [-0.2, 0) is 0 Å². The van der Waals surface area contributed by atoms with E-state index in [0.29, 0.717) is 17.0 Å². The lowest BCUT2D eigenvalue weighted by atomic mass is 9.96. The highest BCUT2D eigenvalue weighted by molar-refractivity contribution is 5.99. The Kier molecular flexibility index (Phi) is 7.35. The Balaban J connectivity index is 0.00000242. The molecule has 6 heteroatoms. The number of carbonyl (C=O) groups excluding carboxylic acids is 2. The number of piperidine rings is 1. The van der Waals surface area contributed by atoms with E-state index in [-0.39, 0.29) is 24.2 Å². The van der Waals surface area contributed by atoms with Crippen molar-refractivity contribution in [2.24, 2.45) is 5.92 Å². The van der Waals surface area contributed by atoms with Crippen LogP contribution in [0, 0.1) is 5.92 Å². The van der Waals surface area contributed by atoms with Crippen LogP contribution in [-0.4, -0.2) is 50.4 Å². The minimum absolute atomic E-state index is 0. The van der Waals surface area contributed by atoms with Crippen LogP contribution in [0.5, 0.6) is 0 Å². The molecule has 22 heavy (non-hydrogen) atoms. The summed E-state index contributed by atoms with van der Waals surface area (Å²) in [6, 6.07) is 6.91. The minimum Gasteiger partial charge on any atom is -0.355 e. The number of benzene rings is 1. The number of carbonyl (C=O) groups is 2. The first kappa shape index (κ1) is 18.5. The van der Waals surface area contributed by atoms with Crippen molar-refractivity contribution in [3.05, 3.63) is 35.4 Å². The Bertz CT molecular complexity index is 514. The summed E-state index contributed by atoms with van der Waals surface area (Å²) in [5, 5.41) is 5.77. The molecule has 1 saturated heterocycles. The molecule has 1 aliphatic heterocycles. The molecule has 0 saturated carbocycles. The predicted octanol–water partition coefficient (Wildman–Crippen LogP) is 1.54. The van der Waals surface area contributed by atoms with Crippen LogP contribution in [0.25, 0.3) is 0 Å². The third-order valence-corrected chi connectivity index (χ3v) is 3.99. The fourth-order valence-corrected chi connectivity index (χ4v) is 2.75. The maximum Gasteiger partial charge on any atom is 0.253 e. The van der Waals surface area contributed by atoms with Crippen LogP contribution in [0.1, 0.15) is 33.6 Å². The van der Waals surface area contributed by atoms with E-state index in [9.17, 15) is 9.59 Å². The number of amides is 2. The molecule has 0 spiro atoms. The summed E-state index contributed by atoms with van der Waals surface area (Å²) in [5.74, 6) is 0.497. The summed E-state index contributed by atoms with van der Waals surface area (Å²) in [5.41, 5.74) is 1.11. The standard InChI is InChI=1S/C16H23N3O2.ClH/c1-17-11-12-6-8-19(9-7-12)16(21)14-5-3-4-13(10-14)15(20)18-2;/h3-5,10,12,17H,6-9,11H2,1-2H3,(H,18,20);1H. The SMILES string of the molecule is CNCC1CCN(C(=O)c2cccc(C(=O)NC)c2)CC1.Cl. The Morgan fingerprint density at radius 1 is 1.18 bits per heavy atom. The average Bonchev–Trinajstić information content (AvgIpc) is 2.54. The summed E-state index contributed by atoms with van der Waals surface area (Å²) >= 11 is 0. The first-order valence-electron chi connectivity index (χ1n) is 7.41. The molecular formula is C16H24ClN3O2. The topological polar surface area (TPSA) is 61.4 Å². The van der Waals surface area contributed by atoms with E-state index in [1.165, 1.54) is 0 Å². The van der Waals surface area contributed by atoms with Gasteiger partial charge in [0.2, 0.25) is 0 Å². The van der Waals surface area contributed by atoms with E-state index in [2.05, 4.69) is 10.6 Å². The van der Waals surface area contributed by atoms with Crippen molar-refractivity contribution in [1.29, 1.82) is 0 Å². The zero-order valence-electron chi connectivity index (χ0n) is 13.1. The van der Waals surface area contributed by atoms with Gasteiger partial charge in [-0.1, -0.05) is 6.07 Å². The Morgan fingerprint density at radius 3 is 2.41 bits per heavy atom. The zero-order valence-corrected chi connectivity index (χ0v) is 13.9. The first-order valence-corrected chi connectivity index (χ1v) is 7.41. The largest absolute Gasteiger partial charge is 0.355 e. The van der Waals surface area contributed by atoms with Crippen LogP contribution in [0.2, 0.25) is 0 Å². The van der Waals surface area contributed by atoms with Crippen LogP contribution in [0.15, 0.2) is 24.3 Å². The van der Waals surface area contributed by atoms with Crippen molar-refractivity contribution >= 4 is 24.2 Å². The summed E-state index contributed by atoms with van der Waals surface area (Å²) in [6.45, 7) is 2.58. The Hall–Kier alpha value is -1.59. The summed E-state index contributed by atoms with van der Waals surface area (Å²) < 4.78 is 0. The van der Waals surface area contributed by atoms with Gasteiger partial charge in [0, 0.05) is 31.3 Å². The van der Waals surface area contributed by atoms with Crippen LogP contribution >= 0.6 is 12.4 Å². The molecule has 122 valence electrons. The lowest BCUT2D eigenvalue weighted by Crippen LogP contribution is -2.40. The second-order valence-corrected chi connectivity index (χ2v) is 5.45. The van der Waals surface area contributed by atoms with Gasteiger partial charge in [0.15, 0.2) is 0 Å². The van der Waals surface area contributed by atoms with E-state index >= 15 is 0 Å². The zero-order chi connectivity index (χ0) is 15.2. The number of halogens is 1. The third-order valence-electron chi connectivity index (χ3n) is 3.99. The number of nitrogens with zero attached hydrogens (tertiary/aromatic N) is 1. The second-order valence-electron chi connectivity index (χ2n) is 5.45. The molecule has 0 aromatic heterocycles. The van der Waals surface area contributed by atoms with Gasteiger partial charge in [-0.25, -0.2) is 0 Å². The van der Waals surface area contributed by atoms with Crippen molar-refractivity contribution in [3.8, 4) is 0 Å². The molecule has 0 atom stereocenters. The van der Waals surface area contributed by atoms with Crippen molar-refractivity contribution < 1.29 is 9.59 Å². The molecule has 1 fully saturated rings. The molecule has 0 aliphatic carbocycles. The molecular weight excluding hydrogens is 302 g/mol. The normalized spacial score (nSPS) is 15.1. The first-order chi connectivity index (χ1) is 10.2. The smallest absolute Gasteiger partial charge is 0.253 e. The molecule has 2 N–H and O–H groups in total. The fourth-order valence-electron chi connectivity index (χ4n) is 2.75. The summed E-state index contributed by atoms with van der Waals surface area (Å²) in [4.78, 5) is 26.0. The van der Waals surface area contributed by atoms with Crippen molar-refractivity contribution in [2.45, 2.75) is 12.8 Å². The average molecular weight is 326 g/mol. The van der Waals surface area contributed by atoms with Gasteiger partial charge in [-0.3, -0.25) is 9.59 Å². The monoisotopic (exact) mass is 325 g/mol. The minimum atomic E-state index is -0.169. The quantitative estimate of drug-likeness (QED) is 0.882. The van der Waals surface area contributed by atoms with Crippen LogP contribution < -0.4 is 10.6 Å². The van der Waals surface area contributed by atoms with E-state index in [1.54, 1.807) is 31.3 Å². The number of likely N-dealkylation sites (tertiary alicyclic amines) is 1. The van der Waals surface area contributed by atoms with Crippen molar-refractivity contribution in [1.82, 2.24) is 15.5 Å². The Labute approximate surface area is 137 Å². The van der Waals surface area contributed by atoms with Crippen molar-refractivity contribution in [3.63, 3.8) is 0 Å². The number of nitrogens with one attached hydrogen (secondary N) is 2. The van der Waals surface area contributed by atoms with E-state index in [1.807, 2.05) is 11.9 Å². The predicted molar refractivity (Wildman–Crippen MR) is 89.6 cm³/mol. The molecule has 0 bridgehead atoms. The molecule has 5 nitrogen and oxygen atoms in total. The Morgan fingerprint density at radius 2 is 1.82 bits per heavy atom. The number of hydrogen-bond acceptors (Lipinski definition) is 3. The molecule has 2 rings (SSSR count). The summed E-state index contributed by atoms with van der Waals surface area (Å²) in [6.07, 6.45) is 2.06. The molecule has 1 aromatic rings. The van der Waals surface area contributed by atoms with Gasteiger partial charge in [0.25, 0.3) is 11.8 Å². The highest BCUT2D eigenvalue weighted by Crippen LogP contribution is 2.19. The van der Waals surface area contributed by atoms with Gasteiger partial charge in [0.1, 0.15) is 0 Å². The van der Waals surface area contributed by atoms with Crippen molar-refractivity contribution in [2.75, 3.05) is 33.7 Å². The molecule has 1 heterocycles. The van der Waals surface area contributed by atoms with Gasteiger partial charge in [0.05, 0.1) is 0 Å². The third kappa shape index (κ3) is 4.45. The lowest BCUT2D eigenvalue weighted by Gasteiger charge is -2.32. The van der Waals surface area contributed by atoms with Crippen LogP contribution in [0.3, 0.4) is 0 Å². The number of rotatable bonds is 4. The highest BCUT2D eigenvalue weighted by atomic mass is 35.5. The lowest BCUT2D eigenvalue weighted by molar-refractivity contribution is 0.0691.